The Morgan fingerprint density at radius 2 is 2.19 bits per heavy atom. The van der Waals surface area contributed by atoms with Crippen LogP contribution in [0.1, 0.15) is 32.6 Å². The van der Waals surface area contributed by atoms with Crippen LogP contribution >= 0.6 is 0 Å². The summed E-state index contributed by atoms with van der Waals surface area (Å²) in [7, 11) is 0. The van der Waals surface area contributed by atoms with E-state index in [1.165, 1.54) is 5.57 Å². The van der Waals surface area contributed by atoms with Gasteiger partial charge in [0, 0.05) is 12.3 Å². The number of carbonyl (C=O) groups is 1. The van der Waals surface area contributed by atoms with Crippen LogP contribution in [0.3, 0.4) is 0 Å². The van der Waals surface area contributed by atoms with Crippen LogP contribution < -0.4 is 11.5 Å². The van der Waals surface area contributed by atoms with E-state index < -0.39 is 11.3 Å². The van der Waals surface area contributed by atoms with Crippen molar-refractivity contribution in [1.29, 1.82) is 0 Å². The van der Waals surface area contributed by atoms with Crippen LogP contribution in [-0.2, 0) is 9.53 Å². The van der Waals surface area contributed by atoms with Gasteiger partial charge in [-0.2, -0.15) is 0 Å². The van der Waals surface area contributed by atoms with Crippen LogP contribution in [0.5, 0.6) is 0 Å². The maximum Gasteiger partial charge on any atom is 0.307 e. The van der Waals surface area contributed by atoms with Gasteiger partial charge in [-0.05, 0) is 30.4 Å². The molecule has 3 aliphatic rings. The predicted octanol–water partition coefficient (Wildman–Crippen LogP) is 0.662. The lowest BCUT2D eigenvalue weighted by Gasteiger charge is -2.40. The van der Waals surface area contributed by atoms with Crippen LogP contribution in [0.25, 0.3) is 0 Å². The summed E-state index contributed by atoms with van der Waals surface area (Å²) in [6.07, 6.45) is 5.16. The van der Waals surface area contributed by atoms with Crippen molar-refractivity contribution in [2.24, 2.45) is 23.3 Å². The van der Waals surface area contributed by atoms with Crippen LogP contribution in [0.2, 0.25) is 0 Å². The van der Waals surface area contributed by atoms with E-state index in [4.69, 9.17) is 16.2 Å². The van der Waals surface area contributed by atoms with Gasteiger partial charge in [-0.15, -0.1) is 0 Å². The van der Waals surface area contributed by atoms with E-state index in [0.29, 0.717) is 18.8 Å². The van der Waals surface area contributed by atoms with Crippen molar-refractivity contribution in [3.05, 3.63) is 11.6 Å². The van der Waals surface area contributed by atoms with Gasteiger partial charge in [-0.3, -0.25) is 4.79 Å². The topological polar surface area (TPSA) is 78.3 Å². The number of nitrogens with two attached hydrogens (primary N) is 2. The molecule has 1 saturated heterocycles. The zero-order chi connectivity index (χ0) is 11.6. The third-order valence-electron chi connectivity index (χ3n) is 4.33. The Morgan fingerprint density at radius 3 is 2.94 bits per heavy atom. The highest BCUT2D eigenvalue weighted by Crippen LogP contribution is 2.55. The SMILES string of the molecule is CC1CC[C@H]2CC(=O)OC23CC(N)(N)C=C13. The fourth-order valence-electron chi connectivity index (χ4n) is 3.69. The lowest BCUT2D eigenvalue weighted by molar-refractivity contribution is -0.147. The zero-order valence-electron chi connectivity index (χ0n) is 9.53. The van der Waals surface area contributed by atoms with Crippen LogP contribution in [0.15, 0.2) is 11.6 Å². The summed E-state index contributed by atoms with van der Waals surface area (Å²) in [6, 6.07) is 0. The molecule has 16 heavy (non-hydrogen) atoms. The molecular formula is C12H18N2O2. The molecule has 1 saturated carbocycles. The predicted molar refractivity (Wildman–Crippen MR) is 59.1 cm³/mol. The van der Waals surface area contributed by atoms with E-state index >= 15 is 0 Å². The molecule has 4 N–H and O–H groups in total. The average Bonchev–Trinajstić information content (AvgIpc) is 2.60. The van der Waals surface area contributed by atoms with Gasteiger partial charge in [0.25, 0.3) is 0 Å². The quantitative estimate of drug-likeness (QED) is 0.358. The Morgan fingerprint density at radius 1 is 1.44 bits per heavy atom. The number of ether oxygens (including phenoxy) is 1. The maximum atomic E-state index is 11.5. The third kappa shape index (κ3) is 1.20. The van der Waals surface area contributed by atoms with Gasteiger partial charge in [0.05, 0.1) is 12.1 Å². The van der Waals surface area contributed by atoms with Crippen molar-refractivity contribution in [3.63, 3.8) is 0 Å². The van der Waals surface area contributed by atoms with Crippen molar-refractivity contribution in [3.8, 4) is 0 Å². The van der Waals surface area contributed by atoms with E-state index in [1.54, 1.807) is 0 Å². The summed E-state index contributed by atoms with van der Waals surface area (Å²) < 4.78 is 5.62. The van der Waals surface area contributed by atoms with Crippen molar-refractivity contribution in [1.82, 2.24) is 0 Å². The summed E-state index contributed by atoms with van der Waals surface area (Å²) in [4.78, 5) is 11.5. The molecule has 2 unspecified atom stereocenters. The average molecular weight is 222 g/mol. The summed E-state index contributed by atoms with van der Waals surface area (Å²) in [6.45, 7) is 2.16. The first-order valence-corrected chi connectivity index (χ1v) is 5.96. The minimum absolute atomic E-state index is 0.0947. The molecule has 88 valence electrons. The summed E-state index contributed by atoms with van der Waals surface area (Å²) in [5, 5.41) is 0. The van der Waals surface area contributed by atoms with Crippen LogP contribution in [0, 0.1) is 11.8 Å². The second kappa shape index (κ2) is 2.87. The van der Waals surface area contributed by atoms with Crippen LogP contribution in [0.4, 0.5) is 0 Å². The molecule has 4 nitrogen and oxygen atoms in total. The number of esters is 1. The summed E-state index contributed by atoms with van der Waals surface area (Å²) in [5.74, 6) is 0.621. The van der Waals surface area contributed by atoms with E-state index in [2.05, 4.69) is 6.92 Å². The molecule has 3 atom stereocenters. The molecule has 0 radical (unpaired) electrons. The third-order valence-corrected chi connectivity index (χ3v) is 4.33. The second-order valence-corrected chi connectivity index (χ2v) is 5.63. The lowest BCUT2D eigenvalue weighted by Crippen LogP contribution is -2.51. The van der Waals surface area contributed by atoms with Crippen molar-refractivity contribution >= 4 is 5.97 Å². The highest BCUT2D eigenvalue weighted by atomic mass is 16.6. The first kappa shape index (κ1) is 10.3. The highest BCUT2D eigenvalue weighted by Gasteiger charge is 2.60. The van der Waals surface area contributed by atoms with Gasteiger partial charge in [0.15, 0.2) is 0 Å². The Balaban J connectivity index is 2.07. The maximum absolute atomic E-state index is 11.5. The van der Waals surface area contributed by atoms with Gasteiger partial charge < -0.3 is 16.2 Å². The normalized spacial score (nSPS) is 44.7. The van der Waals surface area contributed by atoms with E-state index in [0.717, 1.165) is 12.8 Å². The molecule has 0 aromatic heterocycles. The largest absolute Gasteiger partial charge is 0.454 e. The minimum atomic E-state index is -0.809. The molecule has 4 heteroatoms. The molecular weight excluding hydrogens is 204 g/mol. The monoisotopic (exact) mass is 222 g/mol. The molecule has 2 aliphatic carbocycles. The summed E-state index contributed by atoms with van der Waals surface area (Å²) in [5.41, 5.74) is 11.9. The molecule has 3 rings (SSSR count). The Labute approximate surface area is 95.0 Å². The van der Waals surface area contributed by atoms with Gasteiger partial charge >= 0.3 is 5.97 Å². The molecule has 0 amide bonds. The number of hydrogen-bond acceptors (Lipinski definition) is 4. The standard InChI is InChI=1S/C12H18N2O2/c1-7-2-3-8-4-10(15)16-12(8)6-11(13,14)5-9(7)12/h5,7-8H,2-4,6,13-14H2,1H3/t7?,8-,12?/m0/s1. The molecule has 0 bridgehead atoms. The molecule has 2 fully saturated rings. The Kier molecular flexibility index (Phi) is 1.85. The van der Waals surface area contributed by atoms with Crippen molar-refractivity contribution < 1.29 is 9.53 Å². The van der Waals surface area contributed by atoms with E-state index in [9.17, 15) is 4.79 Å². The van der Waals surface area contributed by atoms with Gasteiger partial charge in [-0.25, -0.2) is 0 Å². The highest BCUT2D eigenvalue weighted by molar-refractivity contribution is 5.74. The van der Waals surface area contributed by atoms with E-state index in [1.807, 2.05) is 6.08 Å². The number of rotatable bonds is 0. The fourth-order valence-corrected chi connectivity index (χ4v) is 3.69. The zero-order valence-corrected chi connectivity index (χ0v) is 9.53. The number of carbonyl (C=O) groups excluding carboxylic acids is 1. The molecule has 0 aromatic rings. The first-order chi connectivity index (χ1) is 7.43. The van der Waals surface area contributed by atoms with E-state index in [-0.39, 0.29) is 11.9 Å². The smallest absolute Gasteiger partial charge is 0.307 e. The number of hydrogen-bond donors (Lipinski definition) is 2. The Bertz CT molecular complexity index is 388. The van der Waals surface area contributed by atoms with Crippen molar-refractivity contribution in [2.75, 3.05) is 0 Å². The first-order valence-electron chi connectivity index (χ1n) is 5.96. The molecule has 1 heterocycles. The second-order valence-electron chi connectivity index (χ2n) is 5.63. The minimum Gasteiger partial charge on any atom is -0.454 e. The van der Waals surface area contributed by atoms with Crippen LogP contribution in [-0.4, -0.2) is 17.2 Å². The fraction of sp³-hybridized carbons (Fsp3) is 0.750. The molecule has 1 spiro atoms. The molecule has 1 aliphatic heterocycles. The van der Waals surface area contributed by atoms with Gasteiger partial charge in [-0.1, -0.05) is 6.92 Å². The van der Waals surface area contributed by atoms with Crippen molar-refractivity contribution in [2.45, 2.75) is 43.9 Å². The lowest BCUT2D eigenvalue weighted by atomic mass is 9.69. The summed E-state index contributed by atoms with van der Waals surface area (Å²) >= 11 is 0. The van der Waals surface area contributed by atoms with Gasteiger partial charge in [0.1, 0.15) is 5.60 Å². The Hall–Kier alpha value is -0.870. The molecule has 0 aromatic carbocycles. The van der Waals surface area contributed by atoms with Gasteiger partial charge in [0.2, 0.25) is 0 Å².